The monoisotopic (exact) mass is 463 g/mol. The maximum Gasteiger partial charge on any atom is 0.257 e. The number of amides is 4. The Balaban J connectivity index is 1.78. The van der Waals surface area contributed by atoms with E-state index in [9.17, 15) is 19.2 Å². The maximum absolute atomic E-state index is 13.9. The number of para-hydroxylation sites is 1. The van der Waals surface area contributed by atoms with Crippen molar-refractivity contribution >= 4 is 29.3 Å². The van der Waals surface area contributed by atoms with Crippen molar-refractivity contribution in [3.05, 3.63) is 59.9 Å². The zero-order valence-corrected chi connectivity index (χ0v) is 18.9. The van der Waals surface area contributed by atoms with Crippen LogP contribution in [0.5, 0.6) is 0 Å². The molecule has 1 aliphatic carbocycles. The molecular weight excluding hydrogens is 434 g/mol. The van der Waals surface area contributed by atoms with Gasteiger partial charge in [-0.25, -0.2) is 0 Å². The molecule has 4 N–H and O–H groups in total. The first kappa shape index (κ1) is 23.4. The van der Waals surface area contributed by atoms with Crippen molar-refractivity contribution in [3.8, 4) is 0 Å². The van der Waals surface area contributed by atoms with Gasteiger partial charge < -0.3 is 21.3 Å². The van der Waals surface area contributed by atoms with Gasteiger partial charge in [0.25, 0.3) is 5.91 Å². The molecule has 2 atom stereocenters. The van der Waals surface area contributed by atoms with Gasteiger partial charge in [0.05, 0.1) is 16.9 Å². The molecule has 2 aliphatic rings. The minimum absolute atomic E-state index is 0.000255. The number of aromatic nitrogens is 1. The van der Waals surface area contributed by atoms with Crippen LogP contribution in [0.15, 0.2) is 48.7 Å². The van der Waals surface area contributed by atoms with Gasteiger partial charge in [-0.05, 0) is 43.5 Å². The second kappa shape index (κ2) is 10.5. The molecule has 0 radical (unpaired) electrons. The van der Waals surface area contributed by atoms with E-state index in [0.717, 1.165) is 32.1 Å². The largest absolute Gasteiger partial charge is 0.370 e. The number of hydrogen-bond donors (Lipinski definition) is 3. The first-order valence-electron chi connectivity index (χ1n) is 11.7. The Morgan fingerprint density at radius 1 is 1.09 bits per heavy atom. The molecular formula is C25H29N5O4. The quantitative estimate of drug-likeness (QED) is 0.579. The molecule has 1 aromatic carbocycles. The molecule has 1 fully saturated rings. The maximum atomic E-state index is 13.9. The van der Waals surface area contributed by atoms with E-state index in [0.29, 0.717) is 11.4 Å². The second-order valence-electron chi connectivity index (χ2n) is 8.77. The molecule has 1 aliphatic heterocycles. The summed E-state index contributed by atoms with van der Waals surface area (Å²) in [6, 6.07) is 9.54. The molecule has 4 rings (SSSR count). The molecule has 34 heavy (non-hydrogen) atoms. The Labute approximate surface area is 198 Å². The number of nitrogens with two attached hydrogens (primary N) is 1. The lowest BCUT2D eigenvalue weighted by molar-refractivity contribution is -0.130. The fraction of sp³-hybridized carbons (Fsp3) is 0.400. The number of nitrogens with zero attached hydrogens (tertiary/aromatic N) is 2. The van der Waals surface area contributed by atoms with Gasteiger partial charge in [0.2, 0.25) is 17.7 Å². The number of nitrogens with one attached hydrogen (secondary N) is 2. The Bertz CT molecular complexity index is 1070. The number of anilines is 1. The molecule has 0 spiro atoms. The minimum Gasteiger partial charge on any atom is -0.370 e. The average molecular weight is 464 g/mol. The molecule has 1 saturated carbocycles. The van der Waals surface area contributed by atoms with Crippen molar-refractivity contribution in [1.82, 2.24) is 15.2 Å². The number of benzene rings is 1. The van der Waals surface area contributed by atoms with E-state index in [-0.39, 0.29) is 24.4 Å². The molecule has 2 heterocycles. The van der Waals surface area contributed by atoms with Crippen LogP contribution in [0.4, 0.5) is 5.69 Å². The molecule has 178 valence electrons. The lowest BCUT2D eigenvalue weighted by Crippen LogP contribution is -2.53. The molecule has 0 saturated heterocycles. The summed E-state index contributed by atoms with van der Waals surface area (Å²) in [5.41, 5.74) is 6.34. The van der Waals surface area contributed by atoms with Crippen LogP contribution in [-0.4, -0.2) is 45.6 Å². The normalized spacial score (nSPS) is 19.5. The number of primary amides is 1. The summed E-state index contributed by atoms with van der Waals surface area (Å²) in [6.07, 6.45) is 6.33. The van der Waals surface area contributed by atoms with E-state index in [1.165, 1.54) is 4.90 Å². The van der Waals surface area contributed by atoms with Crippen LogP contribution in [-0.2, 0) is 14.4 Å². The van der Waals surface area contributed by atoms with E-state index in [2.05, 4.69) is 15.6 Å². The van der Waals surface area contributed by atoms with E-state index < -0.39 is 35.7 Å². The van der Waals surface area contributed by atoms with Gasteiger partial charge in [0.1, 0.15) is 6.04 Å². The molecule has 0 bridgehead atoms. The van der Waals surface area contributed by atoms with Crippen LogP contribution in [0.1, 0.15) is 67.0 Å². The molecule has 9 nitrogen and oxygen atoms in total. The number of rotatable bonds is 7. The molecule has 9 heteroatoms. The summed E-state index contributed by atoms with van der Waals surface area (Å²) in [5, 5.41) is 5.86. The topological polar surface area (TPSA) is 134 Å². The van der Waals surface area contributed by atoms with Gasteiger partial charge >= 0.3 is 0 Å². The van der Waals surface area contributed by atoms with Crippen LogP contribution >= 0.6 is 0 Å². The summed E-state index contributed by atoms with van der Waals surface area (Å²) < 4.78 is 0. The van der Waals surface area contributed by atoms with Crippen molar-refractivity contribution in [2.24, 2.45) is 5.73 Å². The smallest absolute Gasteiger partial charge is 0.257 e. The van der Waals surface area contributed by atoms with Gasteiger partial charge in [-0.3, -0.25) is 24.2 Å². The van der Waals surface area contributed by atoms with Gasteiger partial charge in [-0.1, -0.05) is 37.5 Å². The highest BCUT2D eigenvalue weighted by Crippen LogP contribution is 2.32. The first-order chi connectivity index (χ1) is 16.5. The SMILES string of the molecule is NC(=O)CCC1C(=O)Nc2ccccc2C(=O)N1C(C(=O)NC1CCCCC1)c1ccccn1. The number of carbonyl (C=O) groups is 4. The number of fused-ring (bicyclic) bond motifs is 1. The fourth-order valence-corrected chi connectivity index (χ4v) is 4.72. The van der Waals surface area contributed by atoms with E-state index in [1.54, 1.807) is 48.7 Å². The molecule has 1 aromatic heterocycles. The standard InChI is InChI=1S/C25H29N5O4/c26-21(31)14-13-20-23(32)29-18-11-5-4-10-17(18)25(34)30(20)22(19-12-6-7-15-27-19)24(33)28-16-8-2-1-3-9-16/h4-7,10-12,15-16,20,22H,1-3,8-9,13-14H2,(H2,26,31)(H,28,33)(H,29,32). The zero-order chi connectivity index (χ0) is 24.1. The summed E-state index contributed by atoms with van der Waals surface area (Å²) >= 11 is 0. The molecule has 2 unspecified atom stereocenters. The lowest BCUT2D eigenvalue weighted by Gasteiger charge is -2.36. The van der Waals surface area contributed by atoms with Crippen LogP contribution in [0.25, 0.3) is 0 Å². The third-order valence-electron chi connectivity index (χ3n) is 6.40. The summed E-state index contributed by atoms with van der Waals surface area (Å²) in [5.74, 6) is -1.96. The fourth-order valence-electron chi connectivity index (χ4n) is 4.72. The van der Waals surface area contributed by atoms with Gasteiger partial charge in [0.15, 0.2) is 6.04 Å². The van der Waals surface area contributed by atoms with E-state index in [4.69, 9.17) is 5.73 Å². The van der Waals surface area contributed by atoms with Gasteiger partial charge in [-0.15, -0.1) is 0 Å². The van der Waals surface area contributed by atoms with Crippen LogP contribution in [0.2, 0.25) is 0 Å². The zero-order valence-electron chi connectivity index (χ0n) is 18.9. The summed E-state index contributed by atoms with van der Waals surface area (Å²) in [7, 11) is 0. The average Bonchev–Trinajstić information content (AvgIpc) is 2.93. The Kier molecular flexibility index (Phi) is 7.20. The third-order valence-corrected chi connectivity index (χ3v) is 6.40. The predicted octanol–water partition coefficient (Wildman–Crippen LogP) is 2.30. The van der Waals surface area contributed by atoms with Crippen LogP contribution < -0.4 is 16.4 Å². The Morgan fingerprint density at radius 3 is 2.53 bits per heavy atom. The van der Waals surface area contributed by atoms with Crippen LogP contribution in [0, 0.1) is 0 Å². The van der Waals surface area contributed by atoms with Crippen molar-refractivity contribution in [3.63, 3.8) is 0 Å². The molecule has 2 aromatic rings. The predicted molar refractivity (Wildman–Crippen MR) is 125 cm³/mol. The van der Waals surface area contributed by atoms with Crippen molar-refractivity contribution in [2.45, 2.75) is 63.1 Å². The summed E-state index contributed by atoms with van der Waals surface area (Å²) in [6.45, 7) is 0. The molecule has 4 amide bonds. The highest BCUT2D eigenvalue weighted by Gasteiger charge is 2.43. The van der Waals surface area contributed by atoms with Crippen molar-refractivity contribution < 1.29 is 19.2 Å². The van der Waals surface area contributed by atoms with Crippen molar-refractivity contribution in [1.29, 1.82) is 0 Å². The number of hydrogen-bond acceptors (Lipinski definition) is 5. The van der Waals surface area contributed by atoms with E-state index >= 15 is 0 Å². The third kappa shape index (κ3) is 5.08. The highest BCUT2D eigenvalue weighted by atomic mass is 16.2. The number of pyridine rings is 1. The second-order valence-corrected chi connectivity index (χ2v) is 8.77. The van der Waals surface area contributed by atoms with Gasteiger partial charge in [0, 0.05) is 18.7 Å². The number of carbonyl (C=O) groups excluding carboxylic acids is 4. The summed E-state index contributed by atoms with van der Waals surface area (Å²) in [4.78, 5) is 58.1. The lowest BCUT2D eigenvalue weighted by atomic mass is 9.94. The highest BCUT2D eigenvalue weighted by molar-refractivity contribution is 6.11. The Morgan fingerprint density at radius 2 is 1.82 bits per heavy atom. The minimum atomic E-state index is -1.15. The van der Waals surface area contributed by atoms with Gasteiger partial charge in [-0.2, -0.15) is 0 Å². The Hall–Kier alpha value is -3.75. The van der Waals surface area contributed by atoms with Crippen molar-refractivity contribution in [2.75, 3.05) is 5.32 Å². The van der Waals surface area contributed by atoms with E-state index in [1.807, 2.05) is 0 Å². The van der Waals surface area contributed by atoms with Crippen LogP contribution in [0.3, 0.4) is 0 Å². The first-order valence-corrected chi connectivity index (χ1v) is 11.7.